The summed E-state index contributed by atoms with van der Waals surface area (Å²) in [5.41, 5.74) is 0.424. The lowest BCUT2D eigenvalue weighted by molar-refractivity contribution is -0.384. The fourth-order valence-electron chi connectivity index (χ4n) is 2.30. The minimum Gasteiger partial charge on any atom is -0.494 e. The van der Waals surface area contributed by atoms with Crippen molar-refractivity contribution in [2.75, 3.05) is 19.0 Å². The van der Waals surface area contributed by atoms with E-state index in [0.29, 0.717) is 11.3 Å². The first-order valence-electron chi connectivity index (χ1n) is 8.42. The zero-order valence-corrected chi connectivity index (χ0v) is 15.6. The van der Waals surface area contributed by atoms with Crippen molar-refractivity contribution in [2.24, 2.45) is 0 Å². The molecule has 0 saturated carbocycles. The largest absolute Gasteiger partial charge is 0.494 e. The van der Waals surface area contributed by atoms with Gasteiger partial charge in [-0.05, 0) is 38.1 Å². The normalized spacial score (nSPS) is 11.2. The van der Waals surface area contributed by atoms with Gasteiger partial charge in [-0.15, -0.1) is 0 Å². The molecule has 0 spiro atoms. The monoisotopic (exact) mass is 388 g/mol. The summed E-state index contributed by atoms with van der Waals surface area (Å²) in [4.78, 5) is 34.5. The van der Waals surface area contributed by atoms with Gasteiger partial charge in [-0.25, -0.2) is 4.79 Å². The van der Waals surface area contributed by atoms with Gasteiger partial charge in [0.25, 0.3) is 11.6 Å². The Morgan fingerprint density at radius 2 is 1.96 bits per heavy atom. The van der Waals surface area contributed by atoms with Crippen LogP contribution < -0.4 is 14.8 Å². The van der Waals surface area contributed by atoms with Gasteiger partial charge in [0, 0.05) is 6.07 Å². The van der Waals surface area contributed by atoms with Crippen LogP contribution in [0, 0.1) is 10.1 Å². The first kappa shape index (κ1) is 20.7. The zero-order chi connectivity index (χ0) is 20.7. The lowest BCUT2D eigenvalue weighted by atomic mass is 10.2. The van der Waals surface area contributed by atoms with Gasteiger partial charge in [0.2, 0.25) is 0 Å². The van der Waals surface area contributed by atoms with Gasteiger partial charge in [0.1, 0.15) is 11.5 Å². The quantitative estimate of drug-likeness (QED) is 0.419. The Balaban J connectivity index is 2.08. The second kappa shape index (κ2) is 9.36. The van der Waals surface area contributed by atoms with Crippen LogP contribution in [-0.2, 0) is 9.53 Å². The summed E-state index contributed by atoms with van der Waals surface area (Å²) in [5, 5.41) is 13.4. The third-order valence-corrected chi connectivity index (χ3v) is 3.68. The Morgan fingerprint density at radius 1 is 1.21 bits per heavy atom. The molecule has 0 unspecified atom stereocenters. The summed E-state index contributed by atoms with van der Waals surface area (Å²) in [6.45, 7) is 3.49. The Hall–Kier alpha value is -3.62. The SMILES string of the molecule is CCOC(=O)c1cccc(O[C@@H](C)C(=O)Nc2ccc([N+](=O)[O-])cc2OC)c1. The molecule has 0 bridgehead atoms. The summed E-state index contributed by atoms with van der Waals surface area (Å²) < 4.78 is 15.6. The van der Waals surface area contributed by atoms with Crippen LogP contribution in [0.15, 0.2) is 42.5 Å². The highest BCUT2D eigenvalue weighted by Gasteiger charge is 2.19. The van der Waals surface area contributed by atoms with E-state index in [2.05, 4.69) is 5.32 Å². The number of esters is 1. The number of anilines is 1. The molecule has 1 amide bonds. The summed E-state index contributed by atoms with van der Waals surface area (Å²) in [7, 11) is 1.34. The predicted octanol–water partition coefficient (Wildman–Crippen LogP) is 3.19. The van der Waals surface area contributed by atoms with Gasteiger partial charge in [-0.3, -0.25) is 14.9 Å². The van der Waals surface area contributed by atoms with Crippen molar-refractivity contribution < 1.29 is 28.7 Å². The van der Waals surface area contributed by atoms with E-state index in [0.717, 1.165) is 0 Å². The number of benzene rings is 2. The van der Waals surface area contributed by atoms with Crippen LogP contribution in [0.2, 0.25) is 0 Å². The van der Waals surface area contributed by atoms with E-state index in [9.17, 15) is 19.7 Å². The highest BCUT2D eigenvalue weighted by atomic mass is 16.6. The number of rotatable bonds is 8. The smallest absolute Gasteiger partial charge is 0.338 e. The van der Waals surface area contributed by atoms with Crippen LogP contribution in [-0.4, -0.2) is 36.6 Å². The Labute approximate surface area is 161 Å². The van der Waals surface area contributed by atoms with E-state index >= 15 is 0 Å². The minimum atomic E-state index is -0.905. The summed E-state index contributed by atoms with van der Waals surface area (Å²) in [6.07, 6.45) is -0.905. The summed E-state index contributed by atoms with van der Waals surface area (Å²) >= 11 is 0. The van der Waals surface area contributed by atoms with Crippen molar-refractivity contribution in [1.82, 2.24) is 0 Å². The number of hydrogen-bond acceptors (Lipinski definition) is 7. The van der Waals surface area contributed by atoms with Crippen LogP contribution in [0.3, 0.4) is 0 Å². The summed E-state index contributed by atoms with van der Waals surface area (Å²) in [6, 6.07) is 10.1. The molecular weight excluding hydrogens is 368 g/mol. The number of non-ortho nitro benzene ring substituents is 1. The average Bonchev–Trinajstić information content (AvgIpc) is 2.68. The fraction of sp³-hybridized carbons (Fsp3) is 0.263. The topological polar surface area (TPSA) is 117 Å². The number of hydrogen-bond donors (Lipinski definition) is 1. The molecule has 0 heterocycles. The van der Waals surface area contributed by atoms with E-state index in [1.807, 2.05) is 0 Å². The van der Waals surface area contributed by atoms with Gasteiger partial charge >= 0.3 is 5.97 Å². The Kier molecular flexibility index (Phi) is 6.91. The van der Waals surface area contributed by atoms with E-state index in [-0.39, 0.29) is 23.7 Å². The molecule has 0 aromatic heterocycles. The molecule has 0 aliphatic rings. The molecule has 2 aromatic carbocycles. The molecule has 0 aliphatic carbocycles. The Bertz CT molecular complexity index is 882. The van der Waals surface area contributed by atoms with E-state index in [4.69, 9.17) is 14.2 Å². The van der Waals surface area contributed by atoms with Crippen molar-refractivity contribution in [3.05, 3.63) is 58.1 Å². The third kappa shape index (κ3) is 5.19. The molecule has 28 heavy (non-hydrogen) atoms. The average molecular weight is 388 g/mol. The number of nitrogens with one attached hydrogen (secondary N) is 1. The maximum absolute atomic E-state index is 12.4. The van der Waals surface area contributed by atoms with Gasteiger partial charge in [-0.1, -0.05) is 6.07 Å². The molecule has 9 nitrogen and oxygen atoms in total. The Morgan fingerprint density at radius 3 is 2.61 bits per heavy atom. The standard InChI is InChI=1S/C19H20N2O7/c1-4-27-19(23)13-6-5-7-15(10-13)28-12(2)18(22)20-16-9-8-14(21(24)25)11-17(16)26-3/h5-12H,4H2,1-3H3,(H,20,22)/t12-/m0/s1. The lowest BCUT2D eigenvalue weighted by Crippen LogP contribution is -2.30. The number of nitro benzene ring substituents is 1. The summed E-state index contributed by atoms with van der Waals surface area (Å²) in [5.74, 6) is -0.503. The van der Waals surface area contributed by atoms with Crippen LogP contribution in [0.4, 0.5) is 11.4 Å². The molecular formula is C19H20N2O7. The molecule has 1 atom stereocenters. The van der Waals surface area contributed by atoms with Crippen molar-refractivity contribution in [3.8, 4) is 11.5 Å². The second-order valence-corrected chi connectivity index (χ2v) is 5.64. The number of nitro groups is 1. The number of nitrogens with zero attached hydrogens (tertiary/aromatic N) is 1. The van der Waals surface area contributed by atoms with E-state index in [1.54, 1.807) is 25.1 Å². The van der Waals surface area contributed by atoms with Crippen molar-refractivity contribution in [1.29, 1.82) is 0 Å². The van der Waals surface area contributed by atoms with Gasteiger partial charge in [0.15, 0.2) is 6.10 Å². The third-order valence-electron chi connectivity index (χ3n) is 3.68. The number of amides is 1. The van der Waals surface area contributed by atoms with Crippen LogP contribution in [0.5, 0.6) is 11.5 Å². The number of ether oxygens (including phenoxy) is 3. The molecule has 148 valence electrons. The fourth-order valence-corrected chi connectivity index (χ4v) is 2.30. The van der Waals surface area contributed by atoms with Crippen molar-refractivity contribution in [3.63, 3.8) is 0 Å². The maximum Gasteiger partial charge on any atom is 0.338 e. The molecule has 0 fully saturated rings. The first-order chi connectivity index (χ1) is 13.3. The van der Waals surface area contributed by atoms with Crippen LogP contribution in [0.1, 0.15) is 24.2 Å². The minimum absolute atomic E-state index is 0.152. The van der Waals surface area contributed by atoms with Crippen LogP contribution >= 0.6 is 0 Å². The van der Waals surface area contributed by atoms with E-state index < -0.39 is 22.9 Å². The molecule has 2 rings (SSSR count). The van der Waals surface area contributed by atoms with Gasteiger partial charge < -0.3 is 19.5 Å². The molecule has 1 N–H and O–H groups in total. The highest BCUT2D eigenvalue weighted by molar-refractivity contribution is 5.95. The maximum atomic E-state index is 12.4. The second-order valence-electron chi connectivity index (χ2n) is 5.64. The van der Waals surface area contributed by atoms with E-state index in [1.165, 1.54) is 38.3 Å². The molecule has 2 aromatic rings. The van der Waals surface area contributed by atoms with Crippen molar-refractivity contribution >= 4 is 23.3 Å². The molecule has 0 aliphatic heterocycles. The molecule has 9 heteroatoms. The number of methoxy groups -OCH3 is 1. The highest BCUT2D eigenvalue weighted by Crippen LogP contribution is 2.29. The number of carbonyl (C=O) groups is 2. The zero-order valence-electron chi connectivity index (χ0n) is 15.6. The first-order valence-corrected chi connectivity index (χ1v) is 8.42. The van der Waals surface area contributed by atoms with Gasteiger partial charge in [0.05, 0.1) is 36.0 Å². The van der Waals surface area contributed by atoms with Crippen LogP contribution in [0.25, 0.3) is 0 Å². The lowest BCUT2D eigenvalue weighted by Gasteiger charge is -2.16. The van der Waals surface area contributed by atoms with Gasteiger partial charge in [-0.2, -0.15) is 0 Å². The molecule has 0 saturated heterocycles. The number of carbonyl (C=O) groups excluding carboxylic acids is 2. The van der Waals surface area contributed by atoms with Crippen molar-refractivity contribution in [2.45, 2.75) is 20.0 Å². The molecule has 0 radical (unpaired) electrons. The predicted molar refractivity (Wildman–Crippen MR) is 101 cm³/mol.